The highest BCUT2D eigenvalue weighted by molar-refractivity contribution is 9.10. The standard InChI is InChI=1S/C16H22BrFN2O2/c1-11-9-19(10-12(2)20(11)6-7-22-3)16(21)14-8-13(17)4-5-15(14)18/h4-5,8,11-12H,6-7,9-10H2,1-3H3/t11-,12+. The first-order chi connectivity index (χ1) is 10.4. The molecule has 1 fully saturated rings. The van der Waals surface area contributed by atoms with Crippen LogP contribution < -0.4 is 0 Å². The lowest BCUT2D eigenvalue weighted by atomic mass is 10.1. The highest BCUT2D eigenvalue weighted by atomic mass is 79.9. The van der Waals surface area contributed by atoms with Gasteiger partial charge in [0.2, 0.25) is 0 Å². The Kier molecular flexibility index (Phi) is 5.94. The zero-order chi connectivity index (χ0) is 16.3. The largest absolute Gasteiger partial charge is 0.383 e. The third-order valence-electron chi connectivity index (χ3n) is 4.10. The minimum absolute atomic E-state index is 0.124. The molecule has 2 rings (SSSR count). The molecule has 1 aliphatic rings. The zero-order valence-corrected chi connectivity index (χ0v) is 14.8. The summed E-state index contributed by atoms with van der Waals surface area (Å²) in [5.41, 5.74) is 0.124. The second-order valence-electron chi connectivity index (χ2n) is 5.76. The van der Waals surface area contributed by atoms with Crippen molar-refractivity contribution in [2.75, 3.05) is 33.4 Å². The van der Waals surface area contributed by atoms with E-state index in [-0.39, 0.29) is 23.6 Å². The fourth-order valence-corrected chi connectivity index (χ4v) is 3.35. The van der Waals surface area contributed by atoms with Crippen LogP contribution in [-0.4, -0.2) is 61.1 Å². The molecule has 6 heteroatoms. The normalized spacial score (nSPS) is 22.9. The smallest absolute Gasteiger partial charge is 0.256 e. The summed E-state index contributed by atoms with van der Waals surface area (Å²) in [6, 6.07) is 4.90. The van der Waals surface area contributed by atoms with Crippen molar-refractivity contribution < 1.29 is 13.9 Å². The minimum atomic E-state index is -0.477. The lowest BCUT2D eigenvalue weighted by molar-refractivity contribution is 0.0191. The molecule has 1 aliphatic heterocycles. The average molecular weight is 373 g/mol. The molecule has 0 spiro atoms. The molecule has 0 bridgehead atoms. The van der Waals surface area contributed by atoms with Gasteiger partial charge in [0.1, 0.15) is 5.82 Å². The molecular formula is C16H22BrFN2O2. The minimum Gasteiger partial charge on any atom is -0.383 e. The monoisotopic (exact) mass is 372 g/mol. The van der Waals surface area contributed by atoms with Gasteiger partial charge in [0, 0.05) is 43.3 Å². The van der Waals surface area contributed by atoms with E-state index in [1.165, 1.54) is 6.07 Å². The molecule has 0 unspecified atom stereocenters. The van der Waals surface area contributed by atoms with Gasteiger partial charge in [-0.3, -0.25) is 9.69 Å². The van der Waals surface area contributed by atoms with Crippen LogP contribution >= 0.6 is 15.9 Å². The number of piperazine rings is 1. The van der Waals surface area contributed by atoms with Crippen molar-refractivity contribution in [3.05, 3.63) is 34.1 Å². The summed E-state index contributed by atoms with van der Waals surface area (Å²) in [7, 11) is 1.69. The van der Waals surface area contributed by atoms with Gasteiger partial charge in [-0.15, -0.1) is 0 Å². The summed E-state index contributed by atoms with van der Waals surface area (Å²) in [4.78, 5) is 16.7. The van der Waals surface area contributed by atoms with Crippen LogP contribution in [0.2, 0.25) is 0 Å². The number of nitrogens with zero attached hydrogens (tertiary/aromatic N) is 2. The number of halogens is 2. The highest BCUT2D eigenvalue weighted by Gasteiger charge is 2.32. The van der Waals surface area contributed by atoms with Crippen LogP contribution in [0.5, 0.6) is 0 Å². The van der Waals surface area contributed by atoms with Crippen molar-refractivity contribution in [3.8, 4) is 0 Å². The van der Waals surface area contributed by atoms with Gasteiger partial charge >= 0.3 is 0 Å². The molecule has 1 heterocycles. The Labute approximate surface area is 139 Å². The number of benzene rings is 1. The molecule has 4 nitrogen and oxygen atoms in total. The van der Waals surface area contributed by atoms with Crippen molar-refractivity contribution in [1.29, 1.82) is 0 Å². The van der Waals surface area contributed by atoms with E-state index in [4.69, 9.17) is 4.74 Å². The number of amides is 1. The molecule has 1 aromatic carbocycles. The summed E-state index contributed by atoms with van der Waals surface area (Å²) < 4.78 is 19.8. The van der Waals surface area contributed by atoms with E-state index in [9.17, 15) is 9.18 Å². The maximum atomic E-state index is 13.9. The van der Waals surface area contributed by atoms with Gasteiger partial charge in [-0.2, -0.15) is 0 Å². The Morgan fingerprint density at radius 3 is 2.59 bits per heavy atom. The fourth-order valence-electron chi connectivity index (χ4n) is 2.99. The number of rotatable bonds is 4. The first-order valence-corrected chi connectivity index (χ1v) is 8.22. The maximum Gasteiger partial charge on any atom is 0.256 e. The van der Waals surface area contributed by atoms with Crippen molar-refractivity contribution >= 4 is 21.8 Å². The number of hydrogen-bond donors (Lipinski definition) is 0. The third kappa shape index (κ3) is 3.86. The van der Waals surface area contributed by atoms with Gasteiger partial charge in [0.25, 0.3) is 5.91 Å². The summed E-state index contributed by atoms with van der Waals surface area (Å²) in [5, 5.41) is 0. The molecule has 0 radical (unpaired) electrons. The van der Waals surface area contributed by atoms with Gasteiger partial charge in [-0.25, -0.2) is 4.39 Å². The number of carbonyl (C=O) groups is 1. The van der Waals surface area contributed by atoms with E-state index in [1.807, 2.05) is 0 Å². The van der Waals surface area contributed by atoms with Crippen LogP contribution in [0.25, 0.3) is 0 Å². The Bertz CT molecular complexity index is 529. The molecule has 2 atom stereocenters. The molecule has 0 aromatic heterocycles. The first kappa shape index (κ1) is 17.4. The van der Waals surface area contributed by atoms with Crippen molar-refractivity contribution in [3.63, 3.8) is 0 Å². The number of hydrogen-bond acceptors (Lipinski definition) is 3. The number of carbonyl (C=O) groups excluding carboxylic acids is 1. The molecule has 122 valence electrons. The second kappa shape index (κ2) is 7.53. The molecule has 1 amide bonds. The SMILES string of the molecule is COCCN1[C@H](C)CN(C(=O)c2cc(Br)ccc2F)C[C@@H]1C. The topological polar surface area (TPSA) is 32.8 Å². The van der Waals surface area contributed by atoms with Crippen LogP contribution in [0.1, 0.15) is 24.2 Å². The van der Waals surface area contributed by atoms with E-state index in [0.29, 0.717) is 24.2 Å². The van der Waals surface area contributed by atoms with Crippen molar-refractivity contribution in [2.45, 2.75) is 25.9 Å². The van der Waals surface area contributed by atoms with Gasteiger partial charge < -0.3 is 9.64 Å². The third-order valence-corrected chi connectivity index (χ3v) is 4.59. The van der Waals surface area contributed by atoms with E-state index >= 15 is 0 Å². The van der Waals surface area contributed by atoms with Crippen LogP contribution in [0.4, 0.5) is 4.39 Å². The van der Waals surface area contributed by atoms with Crippen LogP contribution in [0.15, 0.2) is 22.7 Å². The zero-order valence-electron chi connectivity index (χ0n) is 13.2. The van der Waals surface area contributed by atoms with Gasteiger partial charge in [-0.1, -0.05) is 15.9 Å². The predicted molar refractivity (Wildman–Crippen MR) is 87.5 cm³/mol. The van der Waals surface area contributed by atoms with Crippen LogP contribution in [0, 0.1) is 5.82 Å². The molecular weight excluding hydrogens is 351 g/mol. The summed E-state index contributed by atoms with van der Waals surface area (Å²) in [5.74, 6) is -0.723. The lowest BCUT2D eigenvalue weighted by Crippen LogP contribution is -2.58. The van der Waals surface area contributed by atoms with Crippen molar-refractivity contribution in [1.82, 2.24) is 9.80 Å². The molecule has 0 saturated carbocycles. The Morgan fingerprint density at radius 2 is 2.00 bits per heavy atom. The Hall–Kier alpha value is -0.980. The van der Waals surface area contributed by atoms with E-state index in [0.717, 1.165) is 6.54 Å². The number of ether oxygens (including phenoxy) is 1. The maximum absolute atomic E-state index is 13.9. The predicted octanol–water partition coefficient (Wildman–Crippen LogP) is 2.77. The lowest BCUT2D eigenvalue weighted by Gasteiger charge is -2.44. The van der Waals surface area contributed by atoms with Gasteiger partial charge in [0.15, 0.2) is 0 Å². The van der Waals surface area contributed by atoms with E-state index in [1.54, 1.807) is 24.1 Å². The van der Waals surface area contributed by atoms with Gasteiger partial charge in [-0.05, 0) is 32.0 Å². The first-order valence-electron chi connectivity index (χ1n) is 7.43. The molecule has 0 aliphatic carbocycles. The summed E-state index contributed by atoms with van der Waals surface area (Å²) in [6.45, 7) is 6.87. The average Bonchev–Trinajstić information content (AvgIpc) is 2.48. The molecule has 1 aromatic rings. The fraction of sp³-hybridized carbons (Fsp3) is 0.562. The quantitative estimate of drug-likeness (QED) is 0.814. The van der Waals surface area contributed by atoms with E-state index in [2.05, 4.69) is 34.7 Å². The van der Waals surface area contributed by atoms with E-state index < -0.39 is 5.82 Å². The van der Waals surface area contributed by atoms with Crippen LogP contribution in [0.3, 0.4) is 0 Å². The van der Waals surface area contributed by atoms with Gasteiger partial charge in [0.05, 0.1) is 12.2 Å². The summed E-state index contributed by atoms with van der Waals surface area (Å²) >= 11 is 3.29. The molecule has 0 N–H and O–H groups in total. The van der Waals surface area contributed by atoms with Crippen molar-refractivity contribution in [2.24, 2.45) is 0 Å². The Morgan fingerprint density at radius 1 is 1.36 bits per heavy atom. The molecule has 1 saturated heterocycles. The molecule has 22 heavy (non-hydrogen) atoms. The number of methoxy groups -OCH3 is 1. The highest BCUT2D eigenvalue weighted by Crippen LogP contribution is 2.21. The van der Waals surface area contributed by atoms with Crippen LogP contribution in [-0.2, 0) is 4.74 Å². The Balaban J connectivity index is 2.11. The second-order valence-corrected chi connectivity index (χ2v) is 6.68. The summed E-state index contributed by atoms with van der Waals surface area (Å²) in [6.07, 6.45) is 0.